The van der Waals surface area contributed by atoms with E-state index in [-0.39, 0.29) is 11.7 Å². The molecule has 0 saturated carbocycles. The summed E-state index contributed by atoms with van der Waals surface area (Å²) in [4.78, 5) is 26.3. The van der Waals surface area contributed by atoms with E-state index < -0.39 is 0 Å². The predicted molar refractivity (Wildman–Crippen MR) is 112 cm³/mol. The zero-order chi connectivity index (χ0) is 20.2. The third kappa shape index (κ3) is 4.44. The number of benzene rings is 2. The van der Waals surface area contributed by atoms with Crippen LogP contribution in [0.2, 0.25) is 0 Å². The zero-order valence-electron chi connectivity index (χ0n) is 15.4. The van der Waals surface area contributed by atoms with Crippen molar-refractivity contribution in [2.75, 3.05) is 10.6 Å². The number of halogens is 1. The molecule has 2 aromatic carbocycles. The van der Waals surface area contributed by atoms with E-state index in [1.165, 1.54) is 23.5 Å². The van der Waals surface area contributed by atoms with Crippen molar-refractivity contribution < 1.29 is 9.18 Å². The SMILES string of the molecule is Cc1sc(NC(=O)c2cccc(Nc3ncccn3)c2)nc1-c1ccc(F)cc1. The second-order valence-corrected chi connectivity index (χ2v) is 7.37. The Hall–Kier alpha value is -3.65. The number of aryl methyl sites for hydroxylation is 1. The molecular weight excluding hydrogens is 389 g/mol. The first-order valence-corrected chi connectivity index (χ1v) is 9.59. The van der Waals surface area contributed by atoms with E-state index in [0.717, 1.165) is 16.1 Å². The summed E-state index contributed by atoms with van der Waals surface area (Å²) in [5.41, 5.74) is 2.70. The van der Waals surface area contributed by atoms with Crippen molar-refractivity contribution in [2.45, 2.75) is 6.92 Å². The van der Waals surface area contributed by atoms with Crippen molar-refractivity contribution in [3.05, 3.63) is 83.2 Å². The Morgan fingerprint density at radius 2 is 1.79 bits per heavy atom. The first-order chi connectivity index (χ1) is 14.1. The Kier molecular flexibility index (Phi) is 5.26. The summed E-state index contributed by atoms with van der Waals surface area (Å²) in [5, 5.41) is 6.37. The quantitative estimate of drug-likeness (QED) is 0.486. The predicted octanol–water partition coefficient (Wildman–Crippen LogP) is 5.04. The number of hydrogen-bond acceptors (Lipinski definition) is 6. The van der Waals surface area contributed by atoms with Crippen molar-refractivity contribution in [1.29, 1.82) is 0 Å². The largest absolute Gasteiger partial charge is 0.324 e. The van der Waals surface area contributed by atoms with Gasteiger partial charge in [-0.15, -0.1) is 11.3 Å². The molecule has 4 aromatic rings. The number of carbonyl (C=O) groups is 1. The number of anilines is 3. The monoisotopic (exact) mass is 405 g/mol. The number of rotatable bonds is 5. The molecule has 2 heterocycles. The van der Waals surface area contributed by atoms with Crippen LogP contribution in [-0.4, -0.2) is 20.9 Å². The van der Waals surface area contributed by atoms with Gasteiger partial charge in [0.2, 0.25) is 5.95 Å². The smallest absolute Gasteiger partial charge is 0.257 e. The van der Waals surface area contributed by atoms with Gasteiger partial charge in [0.05, 0.1) is 5.69 Å². The molecule has 0 aliphatic heterocycles. The molecule has 2 N–H and O–H groups in total. The molecule has 4 rings (SSSR count). The minimum absolute atomic E-state index is 0.276. The summed E-state index contributed by atoms with van der Waals surface area (Å²) in [7, 11) is 0. The molecule has 0 aliphatic carbocycles. The summed E-state index contributed by atoms with van der Waals surface area (Å²) in [6, 6.07) is 14.9. The molecule has 0 aliphatic rings. The summed E-state index contributed by atoms with van der Waals surface area (Å²) < 4.78 is 13.2. The van der Waals surface area contributed by atoms with Crippen molar-refractivity contribution >= 4 is 34.0 Å². The molecule has 0 bridgehead atoms. The van der Waals surface area contributed by atoms with E-state index in [0.29, 0.717) is 22.3 Å². The van der Waals surface area contributed by atoms with Crippen LogP contribution in [0.3, 0.4) is 0 Å². The lowest BCUT2D eigenvalue weighted by Crippen LogP contribution is -2.12. The molecule has 6 nitrogen and oxygen atoms in total. The van der Waals surface area contributed by atoms with Gasteiger partial charge in [-0.3, -0.25) is 10.1 Å². The number of aromatic nitrogens is 3. The Morgan fingerprint density at radius 3 is 2.55 bits per heavy atom. The van der Waals surface area contributed by atoms with E-state index in [4.69, 9.17) is 0 Å². The first-order valence-electron chi connectivity index (χ1n) is 8.77. The molecule has 0 radical (unpaired) electrons. The van der Waals surface area contributed by atoms with Crippen LogP contribution in [0.5, 0.6) is 0 Å². The van der Waals surface area contributed by atoms with Crippen LogP contribution in [0.1, 0.15) is 15.2 Å². The molecule has 0 fully saturated rings. The van der Waals surface area contributed by atoms with Gasteiger partial charge in [0.1, 0.15) is 5.82 Å². The van der Waals surface area contributed by atoms with Gasteiger partial charge in [0, 0.05) is 34.1 Å². The van der Waals surface area contributed by atoms with Gasteiger partial charge in [-0.25, -0.2) is 19.3 Å². The maximum atomic E-state index is 13.2. The lowest BCUT2D eigenvalue weighted by molar-refractivity contribution is 0.102. The third-order valence-electron chi connectivity index (χ3n) is 4.08. The minimum Gasteiger partial charge on any atom is -0.324 e. The number of carbonyl (C=O) groups excluding carboxylic acids is 1. The van der Waals surface area contributed by atoms with Crippen LogP contribution in [-0.2, 0) is 0 Å². The highest BCUT2D eigenvalue weighted by molar-refractivity contribution is 7.16. The summed E-state index contributed by atoms with van der Waals surface area (Å²) in [6.45, 7) is 1.91. The molecule has 0 atom stereocenters. The Morgan fingerprint density at radius 1 is 1.03 bits per heavy atom. The Bertz CT molecular complexity index is 1150. The van der Waals surface area contributed by atoms with Crippen molar-refractivity contribution in [1.82, 2.24) is 15.0 Å². The van der Waals surface area contributed by atoms with Gasteiger partial charge in [0.25, 0.3) is 5.91 Å². The lowest BCUT2D eigenvalue weighted by atomic mass is 10.1. The molecule has 0 spiro atoms. The number of hydrogen-bond donors (Lipinski definition) is 2. The summed E-state index contributed by atoms with van der Waals surface area (Å²) >= 11 is 1.37. The zero-order valence-corrected chi connectivity index (χ0v) is 16.2. The highest BCUT2D eigenvalue weighted by Gasteiger charge is 2.14. The molecule has 0 unspecified atom stereocenters. The third-order valence-corrected chi connectivity index (χ3v) is 4.97. The second-order valence-electron chi connectivity index (χ2n) is 6.16. The molecule has 29 heavy (non-hydrogen) atoms. The molecule has 2 aromatic heterocycles. The molecular formula is C21H16FN5OS. The number of thiazole rings is 1. The van der Waals surface area contributed by atoms with Gasteiger partial charge < -0.3 is 5.32 Å². The van der Waals surface area contributed by atoms with E-state index in [1.807, 2.05) is 13.0 Å². The van der Waals surface area contributed by atoms with Crippen LogP contribution in [0.15, 0.2) is 67.0 Å². The van der Waals surface area contributed by atoms with Crippen molar-refractivity contribution in [2.24, 2.45) is 0 Å². The van der Waals surface area contributed by atoms with Gasteiger partial charge in [-0.2, -0.15) is 0 Å². The molecule has 1 amide bonds. The lowest BCUT2D eigenvalue weighted by Gasteiger charge is -2.06. The topological polar surface area (TPSA) is 79.8 Å². The maximum Gasteiger partial charge on any atom is 0.257 e. The first kappa shape index (κ1) is 18.7. The van der Waals surface area contributed by atoms with Crippen LogP contribution >= 0.6 is 11.3 Å². The maximum absolute atomic E-state index is 13.2. The second kappa shape index (κ2) is 8.15. The van der Waals surface area contributed by atoms with Gasteiger partial charge in [0.15, 0.2) is 5.13 Å². The minimum atomic E-state index is -0.301. The van der Waals surface area contributed by atoms with Crippen molar-refractivity contribution in [3.8, 4) is 11.3 Å². The van der Waals surface area contributed by atoms with Gasteiger partial charge in [-0.05, 0) is 55.5 Å². The number of nitrogens with zero attached hydrogens (tertiary/aromatic N) is 3. The number of nitrogens with one attached hydrogen (secondary N) is 2. The standard InChI is InChI=1S/C21H16FN5OS/c1-13-18(14-6-8-16(22)9-7-14)26-21(29-13)27-19(28)15-4-2-5-17(12-15)25-20-23-10-3-11-24-20/h2-12H,1H3,(H,23,24,25)(H,26,27,28). The fraction of sp³-hybridized carbons (Fsp3) is 0.0476. The van der Waals surface area contributed by atoms with Crippen LogP contribution in [0, 0.1) is 12.7 Å². The molecule has 144 valence electrons. The average Bonchev–Trinajstić information content (AvgIpc) is 3.09. The van der Waals surface area contributed by atoms with Crippen LogP contribution in [0.25, 0.3) is 11.3 Å². The Labute approximate surface area is 170 Å². The van der Waals surface area contributed by atoms with Gasteiger partial charge >= 0.3 is 0 Å². The fourth-order valence-corrected chi connectivity index (χ4v) is 3.56. The highest BCUT2D eigenvalue weighted by atomic mass is 32.1. The summed E-state index contributed by atoms with van der Waals surface area (Å²) in [6.07, 6.45) is 3.27. The normalized spacial score (nSPS) is 10.6. The van der Waals surface area contributed by atoms with Crippen LogP contribution in [0.4, 0.5) is 21.2 Å². The van der Waals surface area contributed by atoms with Crippen LogP contribution < -0.4 is 10.6 Å². The molecule has 0 saturated heterocycles. The Balaban J connectivity index is 1.50. The van der Waals surface area contributed by atoms with E-state index >= 15 is 0 Å². The fourth-order valence-electron chi connectivity index (χ4n) is 2.73. The average molecular weight is 405 g/mol. The summed E-state index contributed by atoms with van der Waals surface area (Å²) in [5.74, 6) is -0.129. The van der Waals surface area contributed by atoms with Crippen molar-refractivity contribution in [3.63, 3.8) is 0 Å². The van der Waals surface area contributed by atoms with E-state index in [9.17, 15) is 9.18 Å². The van der Waals surface area contributed by atoms with Gasteiger partial charge in [-0.1, -0.05) is 6.07 Å². The van der Waals surface area contributed by atoms with E-state index in [1.54, 1.807) is 48.8 Å². The number of amides is 1. The van der Waals surface area contributed by atoms with E-state index in [2.05, 4.69) is 25.6 Å². The molecule has 8 heteroatoms. The highest BCUT2D eigenvalue weighted by Crippen LogP contribution is 2.30.